The van der Waals surface area contributed by atoms with Crippen LogP contribution in [0.4, 0.5) is 0 Å². The van der Waals surface area contributed by atoms with Gasteiger partial charge in [0.15, 0.2) is 47.4 Å². The molecule has 310 valence electrons. The molecule has 2 saturated heterocycles. The van der Waals surface area contributed by atoms with Gasteiger partial charge < -0.3 is 37.9 Å². The maximum Gasteiger partial charge on any atom is 0.339 e. The first-order valence-electron chi connectivity index (χ1n) is 20.8. The molecule has 0 radical (unpaired) electrons. The lowest BCUT2D eigenvalue weighted by molar-refractivity contribution is -0.154. The Morgan fingerprint density at radius 2 is 1.28 bits per heavy atom. The van der Waals surface area contributed by atoms with E-state index in [1.54, 1.807) is 36.4 Å². The molecule has 9 atom stereocenters. The SMILES string of the molecule is CCCCC(=O)O[C@H]1C=C2CCN(C)[C@H]2[C@@H]2c3cc4c(cc3C(=O)O[C@@H]21)OC(c1cccc(C(=O)O[C@H]2C=C3CCN(C)[C@H]3[C@@H]3c5cc6c(cc5C(=O)O[C@@H]32)OCO6)c1)O4. The van der Waals surface area contributed by atoms with Gasteiger partial charge in [0.25, 0.3) is 6.29 Å². The van der Waals surface area contributed by atoms with E-state index in [1.165, 1.54) is 0 Å². The van der Waals surface area contributed by atoms with Crippen molar-refractivity contribution in [3.63, 3.8) is 0 Å². The molecule has 14 nitrogen and oxygen atoms in total. The van der Waals surface area contributed by atoms with Gasteiger partial charge in [0, 0.05) is 49.0 Å². The lowest BCUT2D eigenvalue weighted by atomic mass is 9.73. The van der Waals surface area contributed by atoms with E-state index in [0.717, 1.165) is 61.0 Å². The van der Waals surface area contributed by atoms with Crippen molar-refractivity contribution in [3.8, 4) is 23.0 Å². The quantitative estimate of drug-likeness (QED) is 0.162. The molecule has 0 N–H and O–H groups in total. The normalized spacial score (nSPS) is 30.4. The Morgan fingerprint density at radius 3 is 1.92 bits per heavy atom. The average Bonchev–Trinajstić information content (AvgIpc) is 4.05. The second-order valence-electron chi connectivity index (χ2n) is 16.9. The molecule has 11 rings (SSSR count). The van der Waals surface area contributed by atoms with Gasteiger partial charge in [0.05, 0.1) is 16.7 Å². The molecule has 0 bridgehead atoms. The summed E-state index contributed by atoms with van der Waals surface area (Å²) in [7, 11) is 4.10. The number of ether oxygens (including phenoxy) is 8. The van der Waals surface area contributed by atoms with Crippen molar-refractivity contribution in [1.29, 1.82) is 0 Å². The van der Waals surface area contributed by atoms with Crippen molar-refractivity contribution in [3.05, 3.63) is 105 Å². The van der Waals surface area contributed by atoms with Crippen LogP contribution in [0.1, 0.15) is 105 Å². The number of carbonyl (C=O) groups excluding carboxylic acids is 4. The highest BCUT2D eigenvalue weighted by Gasteiger charge is 2.54. The zero-order valence-electron chi connectivity index (χ0n) is 33.4. The Labute approximate surface area is 345 Å². The van der Waals surface area contributed by atoms with Gasteiger partial charge in [0.2, 0.25) is 6.79 Å². The predicted molar refractivity (Wildman–Crippen MR) is 210 cm³/mol. The zero-order chi connectivity index (χ0) is 41.0. The molecule has 14 heteroatoms. The van der Waals surface area contributed by atoms with Crippen LogP contribution >= 0.6 is 0 Å². The molecule has 8 aliphatic rings. The van der Waals surface area contributed by atoms with Gasteiger partial charge in [-0.05, 0) is 93.0 Å². The number of esters is 4. The lowest BCUT2D eigenvalue weighted by Gasteiger charge is -2.44. The fraction of sp³-hybridized carbons (Fsp3) is 0.435. The summed E-state index contributed by atoms with van der Waals surface area (Å²) in [5.74, 6) is -0.632. The molecule has 3 aromatic carbocycles. The van der Waals surface area contributed by atoms with Crippen molar-refractivity contribution in [2.75, 3.05) is 34.0 Å². The van der Waals surface area contributed by atoms with Gasteiger partial charge in [-0.2, -0.15) is 0 Å². The lowest BCUT2D eigenvalue weighted by Crippen LogP contribution is -2.52. The van der Waals surface area contributed by atoms with Crippen molar-refractivity contribution in [2.24, 2.45) is 0 Å². The number of fused-ring (bicyclic) bond motifs is 12. The Hall–Kier alpha value is -5.86. The Morgan fingerprint density at radius 1 is 0.717 bits per heavy atom. The number of rotatable bonds is 7. The number of likely N-dealkylation sites (N-methyl/N-ethyl adjacent to an activating group) is 2. The van der Waals surface area contributed by atoms with E-state index in [0.29, 0.717) is 46.1 Å². The summed E-state index contributed by atoms with van der Waals surface area (Å²) in [6, 6.07) is 13.8. The molecule has 0 spiro atoms. The highest BCUT2D eigenvalue weighted by molar-refractivity contribution is 5.95. The summed E-state index contributed by atoms with van der Waals surface area (Å²) < 4.78 is 48.3. The minimum absolute atomic E-state index is 0.0394. The van der Waals surface area contributed by atoms with E-state index in [9.17, 15) is 19.2 Å². The first-order valence-corrected chi connectivity index (χ1v) is 20.8. The number of hydrogen-bond donors (Lipinski definition) is 0. The summed E-state index contributed by atoms with van der Waals surface area (Å²) in [6.07, 6.45) is 3.51. The second kappa shape index (κ2) is 14.1. The number of benzene rings is 3. The van der Waals surface area contributed by atoms with Crippen LogP contribution in [-0.2, 0) is 23.7 Å². The number of carbonyl (C=O) groups is 4. The van der Waals surface area contributed by atoms with Crippen LogP contribution < -0.4 is 18.9 Å². The fourth-order valence-electron chi connectivity index (χ4n) is 10.6. The van der Waals surface area contributed by atoms with E-state index in [4.69, 9.17) is 37.9 Å². The second-order valence-corrected chi connectivity index (χ2v) is 16.9. The summed E-state index contributed by atoms with van der Waals surface area (Å²) in [5, 5.41) is 0. The monoisotopic (exact) mass is 816 g/mol. The zero-order valence-corrected chi connectivity index (χ0v) is 33.4. The van der Waals surface area contributed by atoms with Gasteiger partial charge >= 0.3 is 23.9 Å². The van der Waals surface area contributed by atoms with Crippen LogP contribution in [0.2, 0.25) is 0 Å². The first kappa shape index (κ1) is 37.2. The molecule has 6 aliphatic heterocycles. The van der Waals surface area contributed by atoms with Gasteiger partial charge in [0.1, 0.15) is 0 Å². The molecule has 0 aromatic heterocycles. The van der Waals surface area contributed by atoms with Crippen molar-refractivity contribution >= 4 is 23.9 Å². The van der Waals surface area contributed by atoms with Crippen molar-refractivity contribution in [1.82, 2.24) is 9.80 Å². The first-order chi connectivity index (χ1) is 29.1. The maximum atomic E-state index is 14.0. The molecule has 6 heterocycles. The number of likely N-dealkylation sites (tertiary alicyclic amines) is 2. The topological polar surface area (TPSA) is 149 Å². The maximum absolute atomic E-state index is 14.0. The van der Waals surface area contributed by atoms with Gasteiger partial charge in [-0.25, -0.2) is 14.4 Å². The molecule has 2 aliphatic carbocycles. The number of unbranched alkanes of at least 4 members (excludes halogenated alkanes) is 1. The van der Waals surface area contributed by atoms with E-state index in [2.05, 4.69) is 16.8 Å². The van der Waals surface area contributed by atoms with Crippen LogP contribution in [0.3, 0.4) is 0 Å². The molecular weight excluding hydrogens is 773 g/mol. The van der Waals surface area contributed by atoms with Crippen LogP contribution in [0, 0.1) is 0 Å². The summed E-state index contributed by atoms with van der Waals surface area (Å²) >= 11 is 0. The van der Waals surface area contributed by atoms with Crippen LogP contribution in [-0.4, -0.2) is 104 Å². The molecule has 1 unspecified atom stereocenters. The van der Waals surface area contributed by atoms with Gasteiger partial charge in [-0.1, -0.05) is 36.6 Å². The molecule has 60 heavy (non-hydrogen) atoms. The largest absolute Gasteiger partial charge is 0.454 e. The van der Waals surface area contributed by atoms with Crippen LogP contribution in [0.25, 0.3) is 0 Å². The van der Waals surface area contributed by atoms with Crippen LogP contribution in [0.5, 0.6) is 23.0 Å². The van der Waals surface area contributed by atoms with Crippen molar-refractivity contribution < 1.29 is 57.1 Å². The Bertz CT molecular complexity index is 2420. The van der Waals surface area contributed by atoms with E-state index >= 15 is 0 Å². The molecule has 3 aromatic rings. The van der Waals surface area contributed by atoms with Crippen molar-refractivity contribution in [2.45, 2.75) is 93.7 Å². The fourth-order valence-corrected chi connectivity index (χ4v) is 10.6. The molecule has 0 saturated carbocycles. The third-order valence-electron chi connectivity index (χ3n) is 13.4. The van der Waals surface area contributed by atoms with Gasteiger partial charge in [-0.3, -0.25) is 14.6 Å². The summed E-state index contributed by atoms with van der Waals surface area (Å²) in [4.78, 5) is 58.4. The van der Waals surface area contributed by atoms with E-state index in [-0.39, 0.29) is 42.2 Å². The predicted octanol–water partition coefficient (Wildman–Crippen LogP) is 5.75. The smallest absolute Gasteiger partial charge is 0.339 e. The Balaban J connectivity index is 0.849. The number of nitrogens with zero attached hydrogens (tertiary/aromatic N) is 2. The third-order valence-corrected chi connectivity index (χ3v) is 13.4. The Kier molecular flexibility index (Phi) is 8.75. The minimum atomic E-state index is -0.925. The van der Waals surface area contributed by atoms with Gasteiger partial charge in [-0.15, -0.1) is 0 Å². The highest BCUT2D eigenvalue weighted by atomic mass is 16.7. The number of hydrogen-bond acceptors (Lipinski definition) is 14. The third kappa shape index (κ3) is 5.89. The average molecular weight is 817 g/mol. The molecule has 2 fully saturated rings. The van der Waals surface area contributed by atoms with E-state index < -0.39 is 48.6 Å². The molecular formula is C46H44N2O12. The highest BCUT2D eigenvalue weighted by Crippen LogP contribution is 2.52. The standard InChI is InChI=1S/C46H44N2O12/c1-4-5-9-36(49)55-34-15-22-10-12-47(2)39(22)38-27-18-32-33(20-29(27)45(52)59-41(34)38)58-46(57-32)25-8-6-7-24(14-25)43(50)56-35-16-23-11-13-48(3)40(23)37-26-17-30-31(54-21-53-30)19-28(26)44(51)60-42(35)37/h6-8,14-20,34-35,37-42,46H,4-5,9-13,21H2,1-3H3/t34-,35-,37-,38-,39+,40+,41+,42+,46?/m0/s1. The summed E-state index contributed by atoms with van der Waals surface area (Å²) in [5.41, 5.74) is 5.44. The minimum Gasteiger partial charge on any atom is -0.454 e. The summed E-state index contributed by atoms with van der Waals surface area (Å²) in [6.45, 7) is 3.74. The molecule has 0 amide bonds. The van der Waals surface area contributed by atoms with Crippen LogP contribution in [0.15, 0.2) is 71.8 Å². The van der Waals surface area contributed by atoms with E-state index in [1.807, 2.05) is 38.3 Å².